The molecule has 0 saturated heterocycles. The van der Waals surface area contributed by atoms with Crippen molar-refractivity contribution in [2.24, 2.45) is 0 Å². The van der Waals surface area contributed by atoms with E-state index in [1.807, 2.05) is 48.5 Å². The molecule has 3 aromatic carbocycles. The number of benzene rings is 3. The molecule has 8 heteroatoms. The molecule has 4 aromatic rings. The maximum absolute atomic E-state index is 12.3. The van der Waals surface area contributed by atoms with E-state index in [0.29, 0.717) is 11.4 Å². The molecule has 0 atom stereocenters. The van der Waals surface area contributed by atoms with E-state index < -0.39 is 10.0 Å². The van der Waals surface area contributed by atoms with E-state index in [4.69, 9.17) is 0 Å². The van der Waals surface area contributed by atoms with Gasteiger partial charge in [0.2, 0.25) is 15.9 Å². The predicted molar refractivity (Wildman–Crippen MR) is 128 cm³/mol. The molecule has 0 aliphatic heterocycles. The van der Waals surface area contributed by atoms with E-state index in [2.05, 4.69) is 15.0 Å². The van der Waals surface area contributed by atoms with Crippen molar-refractivity contribution < 1.29 is 13.2 Å². The largest absolute Gasteiger partial charge is 0.322 e. The highest BCUT2D eigenvalue weighted by Gasteiger charge is 2.07. The summed E-state index contributed by atoms with van der Waals surface area (Å²) in [4.78, 5) is 17.0. The Hall–Kier alpha value is -3.49. The van der Waals surface area contributed by atoms with Gasteiger partial charge in [-0.2, -0.15) is 0 Å². The lowest BCUT2D eigenvalue weighted by molar-refractivity contribution is -0.111. The summed E-state index contributed by atoms with van der Waals surface area (Å²) in [6.45, 7) is 0. The summed E-state index contributed by atoms with van der Waals surface area (Å²) < 4.78 is 26.0. The van der Waals surface area contributed by atoms with Crippen LogP contribution in [0.5, 0.6) is 0 Å². The molecule has 0 aliphatic carbocycles. The molecule has 1 heterocycles. The molecule has 0 aliphatic rings. The average molecular weight is 450 g/mol. The predicted octanol–water partition coefficient (Wildman–Crippen LogP) is 4.99. The van der Waals surface area contributed by atoms with Crippen LogP contribution in [0, 0.1) is 0 Å². The zero-order valence-electron chi connectivity index (χ0n) is 16.6. The van der Waals surface area contributed by atoms with Gasteiger partial charge in [0, 0.05) is 23.0 Å². The van der Waals surface area contributed by atoms with E-state index in [0.717, 1.165) is 32.6 Å². The van der Waals surface area contributed by atoms with Crippen molar-refractivity contribution in [3.63, 3.8) is 0 Å². The Bertz CT molecular complexity index is 1340. The smallest absolute Gasteiger partial charge is 0.248 e. The SMILES string of the molecule is CS(=O)(=O)Nc1ccc(/C=C/C(=O)Nc2cccc(-c3nc4ccccc4s3)c2)cc1. The number of anilines is 2. The van der Waals surface area contributed by atoms with Crippen molar-refractivity contribution in [3.05, 3.63) is 84.4 Å². The van der Waals surface area contributed by atoms with Gasteiger partial charge in [0.25, 0.3) is 0 Å². The first-order valence-electron chi connectivity index (χ1n) is 9.39. The highest BCUT2D eigenvalue weighted by Crippen LogP contribution is 2.31. The average Bonchev–Trinajstić information content (AvgIpc) is 3.17. The molecule has 1 amide bonds. The van der Waals surface area contributed by atoms with Crippen molar-refractivity contribution in [1.82, 2.24) is 4.98 Å². The Kier molecular flexibility index (Phi) is 5.83. The molecule has 6 nitrogen and oxygen atoms in total. The summed E-state index contributed by atoms with van der Waals surface area (Å²) in [5.74, 6) is -0.264. The second-order valence-electron chi connectivity index (χ2n) is 6.89. The van der Waals surface area contributed by atoms with E-state index in [-0.39, 0.29) is 5.91 Å². The molecule has 1 aromatic heterocycles. The third-order valence-corrected chi connectivity index (χ3v) is 6.00. The van der Waals surface area contributed by atoms with Crippen LogP contribution in [0.4, 0.5) is 11.4 Å². The minimum Gasteiger partial charge on any atom is -0.322 e. The fourth-order valence-corrected chi connectivity index (χ4v) is 4.48. The second-order valence-corrected chi connectivity index (χ2v) is 9.67. The molecule has 0 bridgehead atoms. The van der Waals surface area contributed by atoms with Crippen molar-refractivity contribution in [1.29, 1.82) is 0 Å². The number of nitrogens with one attached hydrogen (secondary N) is 2. The van der Waals surface area contributed by atoms with Gasteiger partial charge in [-0.15, -0.1) is 11.3 Å². The zero-order chi connectivity index (χ0) is 21.8. The van der Waals surface area contributed by atoms with Gasteiger partial charge in [-0.1, -0.05) is 36.4 Å². The monoisotopic (exact) mass is 449 g/mol. The molecule has 31 heavy (non-hydrogen) atoms. The minimum absolute atomic E-state index is 0.264. The van der Waals surface area contributed by atoms with Gasteiger partial charge >= 0.3 is 0 Å². The molecule has 0 radical (unpaired) electrons. The van der Waals surface area contributed by atoms with Gasteiger partial charge in [-0.3, -0.25) is 9.52 Å². The third-order valence-electron chi connectivity index (χ3n) is 4.31. The Balaban J connectivity index is 1.43. The Morgan fingerprint density at radius 3 is 2.48 bits per heavy atom. The number of sulfonamides is 1. The number of aromatic nitrogens is 1. The molecular formula is C23H19N3O3S2. The van der Waals surface area contributed by atoms with Gasteiger partial charge < -0.3 is 5.32 Å². The molecule has 156 valence electrons. The lowest BCUT2D eigenvalue weighted by Crippen LogP contribution is -2.09. The summed E-state index contributed by atoms with van der Waals surface area (Å²) in [5.41, 5.74) is 3.82. The number of fused-ring (bicyclic) bond motifs is 1. The Morgan fingerprint density at radius 1 is 0.968 bits per heavy atom. The lowest BCUT2D eigenvalue weighted by atomic mass is 10.2. The first kappa shape index (κ1) is 20.8. The molecule has 4 rings (SSSR count). The highest BCUT2D eigenvalue weighted by molar-refractivity contribution is 7.92. The number of thiazole rings is 1. The summed E-state index contributed by atoms with van der Waals surface area (Å²) in [7, 11) is -3.32. The van der Waals surface area contributed by atoms with Crippen LogP contribution in [-0.4, -0.2) is 25.6 Å². The van der Waals surface area contributed by atoms with Crippen LogP contribution in [0.1, 0.15) is 5.56 Å². The van der Waals surface area contributed by atoms with Gasteiger partial charge in [0.05, 0.1) is 16.5 Å². The topological polar surface area (TPSA) is 88.2 Å². The van der Waals surface area contributed by atoms with Crippen molar-refractivity contribution in [2.45, 2.75) is 0 Å². The third kappa shape index (κ3) is 5.56. The van der Waals surface area contributed by atoms with E-state index in [1.165, 1.54) is 6.08 Å². The highest BCUT2D eigenvalue weighted by atomic mass is 32.2. The first-order valence-corrected chi connectivity index (χ1v) is 12.1. The quantitative estimate of drug-likeness (QED) is 0.406. The lowest BCUT2D eigenvalue weighted by Gasteiger charge is -2.05. The number of hydrogen-bond acceptors (Lipinski definition) is 5. The number of carbonyl (C=O) groups excluding carboxylic acids is 1. The standard InChI is InChI=1S/C23H19N3O3S2/c1-31(28,29)26-18-12-9-16(10-13-18)11-14-22(27)24-19-6-4-5-17(15-19)23-25-20-7-2-3-8-21(20)30-23/h2-15,26H,1H3,(H,24,27)/b14-11+. The van der Waals surface area contributed by atoms with E-state index in [9.17, 15) is 13.2 Å². The van der Waals surface area contributed by atoms with Crippen molar-refractivity contribution in [3.8, 4) is 10.6 Å². The van der Waals surface area contributed by atoms with Crippen LogP contribution in [0.2, 0.25) is 0 Å². The Morgan fingerprint density at radius 2 is 1.74 bits per heavy atom. The minimum atomic E-state index is -3.32. The van der Waals surface area contributed by atoms with Crippen LogP contribution < -0.4 is 10.0 Å². The normalized spacial score (nSPS) is 11.6. The fraction of sp³-hybridized carbons (Fsp3) is 0.0435. The van der Waals surface area contributed by atoms with Gasteiger partial charge in [0.1, 0.15) is 5.01 Å². The summed E-state index contributed by atoms with van der Waals surface area (Å²) >= 11 is 1.61. The fourth-order valence-electron chi connectivity index (χ4n) is 2.96. The molecule has 2 N–H and O–H groups in total. The van der Waals surface area contributed by atoms with Crippen LogP contribution in [-0.2, 0) is 14.8 Å². The molecular weight excluding hydrogens is 430 g/mol. The maximum Gasteiger partial charge on any atom is 0.248 e. The molecule has 0 unspecified atom stereocenters. The number of amides is 1. The van der Waals surface area contributed by atoms with Crippen LogP contribution in [0.3, 0.4) is 0 Å². The van der Waals surface area contributed by atoms with E-state index in [1.54, 1.807) is 41.7 Å². The van der Waals surface area contributed by atoms with Crippen LogP contribution in [0.15, 0.2) is 78.9 Å². The second kappa shape index (κ2) is 8.71. The van der Waals surface area contributed by atoms with Gasteiger partial charge in [0.15, 0.2) is 0 Å². The summed E-state index contributed by atoms with van der Waals surface area (Å²) in [6.07, 6.45) is 4.19. The zero-order valence-corrected chi connectivity index (χ0v) is 18.2. The summed E-state index contributed by atoms with van der Waals surface area (Å²) in [5, 5.41) is 3.76. The molecule has 0 fully saturated rings. The van der Waals surface area contributed by atoms with Crippen LogP contribution in [0.25, 0.3) is 26.9 Å². The van der Waals surface area contributed by atoms with Crippen molar-refractivity contribution >= 4 is 54.9 Å². The molecule has 0 saturated carbocycles. The number of para-hydroxylation sites is 1. The van der Waals surface area contributed by atoms with Gasteiger partial charge in [-0.05, 0) is 48.0 Å². The Labute approximate surface area is 184 Å². The molecule has 0 spiro atoms. The van der Waals surface area contributed by atoms with Crippen LogP contribution >= 0.6 is 11.3 Å². The number of hydrogen-bond donors (Lipinski definition) is 2. The maximum atomic E-state index is 12.3. The number of carbonyl (C=O) groups is 1. The van der Waals surface area contributed by atoms with Crippen molar-refractivity contribution in [2.75, 3.05) is 16.3 Å². The van der Waals surface area contributed by atoms with E-state index >= 15 is 0 Å². The first-order chi connectivity index (χ1) is 14.9. The summed E-state index contributed by atoms with van der Waals surface area (Å²) in [6, 6.07) is 22.3. The number of nitrogens with zero attached hydrogens (tertiary/aromatic N) is 1. The van der Waals surface area contributed by atoms with Gasteiger partial charge in [-0.25, -0.2) is 13.4 Å². The number of rotatable bonds is 6.